The second kappa shape index (κ2) is 3.93. The van der Waals surface area contributed by atoms with E-state index in [4.69, 9.17) is 4.74 Å². The molecule has 3 nitrogen and oxygen atoms in total. The van der Waals surface area contributed by atoms with Crippen LogP contribution in [0.15, 0.2) is 10.5 Å². The van der Waals surface area contributed by atoms with Crippen LogP contribution >= 0.6 is 15.9 Å². The zero-order valence-electron chi connectivity index (χ0n) is 9.38. The van der Waals surface area contributed by atoms with Gasteiger partial charge in [-0.25, -0.2) is 0 Å². The maximum Gasteiger partial charge on any atom is 0.139 e. The number of phenols is 1. The minimum absolute atomic E-state index is 0.223. The highest BCUT2D eigenvalue weighted by molar-refractivity contribution is 9.10. The first kappa shape index (κ1) is 11.7. The fourth-order valence-electron chi connectivity index (χ4n) is 1.88. The Bertz CT molecular complexity index is 425. The summed E-state index contributed by atoms with van der Waals surface area (Å²) in [5.74, 6) is 0.865. The van der Waals surface area contributed by atoms with Crippen molar-refractivity contribution >= 4 is 15.9 Å². The molecule has 0 radical (unpaired) electrons. The van der Waals surface area contributed by atoms with Gasteiger partial charge in [0.05, 0.1) is 17.2 Å². The molecule has 0 aliphatic heterocycles. The average molecular weight is 287 g/mol. The highest BCUT2D eigenvalue weighted by Crippen LogP contribution is 2.43. The number of hydrogen-bond acceptors (Lipinski definition) is 3. The minimum Gasteiger partial charge on any atom is -0.507 e. The Morgan fingerprint density at radius 2 is 2.12 bits per heavy atom. The van der Waals surface area contributed by atoms with Gasteiger partial charge in [0, 0.05) is 12.0 Å². The molecule has 0 spiro atoms. The van der Waals surface area contributed by atoms with Gasteiger partial charge in [0.1, 0.15) is 11.5 Å². The quantitative estimate of drug-likeness (QED) is 0.898. The fraction of sp³-hybridized carbons (Fsp3) is 0.500. The average Bonchev–Trinajstić information content (AvgIpc) is 2.93. The summed E-state index contributed by atoms with van der Waals surface area (Å²) < 4.78 is 6.00. The molecule has 0 bridgehead atoms. The van der Waals surface area contributed by atoms with E-state index < -0.39 is 5.60 Å². The van der Waals surface area contributed by atoms with Gasteiger partial charge in [-0.1, -0.05) is 0 Å². The molecule has 1 saturated carbocycles. The monoisotopic (exact) mass is 286 g/mol. The third-order valence-electron chi connectivity index (χ3n) is 3.07. The van der Waals surface area contributed by atoms with E-state index in [2.05, 4.69) is 15.9 Å². The predicted octanol–water partition coefficient (Wildman–Crippen LogP) is 2.54. The third-order valence-corrected chi connectivity index (χ3v) is 3.66. The molecule has 0 heterocycles. The van der Waals surface area contributed by atoms with Crippen molar-refractivity contribution < 1.29 is 14.9 Å². The van der Waals surface area contributed by atoms with Crippen molar-refractivity contribution in [2.24, 2.45) is 0 Å². The number of methoxy groups -OCH3 is 1. The van der Waals surface area contributed by atoms with Crippen molar-refractivity contribution in [2.75, 3.05) is 7.11 Å². The van der Waals surface area contributed by atoms with Crippen molar-refractivity contribution in [1.29, 1.82) is 0 Å². The van der Waals surface area contributed by atoms with Gasteiger partial charge >= 0.3 is 0 Å². The van der Waals surface area contributed by atoms with Gasteiger partial charge in [0.2, 0.25) is 0 Å². The highest BCUT2D eigenvalue weighted by atomic mass is 79.9. The van der Waals surface area contributed by atoms with Crippen LogP contribution in [0.3, 0.4) is 0 Å². The van der Waals surface area contributed by atoms with Crippen LogP contribution in [0.2, 0.25) is 0 Å². The normalized spacial score (nSPS) is 17.2. The molecule has 2 rings (SSSR count). The maximum atomic E-state index is 10.0. The smallest absolute Gasteiger partial charge is 0.139 e. The van der Waals surface area contributed by atoms with E-state index >= 15 is 0 Å². The topological polar surface area (TPSA) is 49.7 Å². The first-order chi connectivity index (χ1) is 7.47. The molecule has 16 heavy (non-hydrogen) atoms. The molecule has 0 atom stereocenters. The number of benzene rings is 1. The second-order valence-corrected chi connectivity index (χ2v) is 5.28. The van der Waals surface area contributed by atoms with Gasteiger partial charge < -0.3 is 14.9 Å². The fourth-order valence-corrected chi connectivity index (χ4v) is 2.61. The van der Waals surface area contributed by atoms with Gasteiger partial charge in [-0.15, -0.1) is 0 Å². The highest BCUT2D eigenvalue weighted by Gasteiger charge is 2.41. The summed E-state index contributed by atoms with van der Waals surface area (Å²) in [6.07, 6.45) is 2.13. The lowest BCUT2D eigenvalue weighted by Gasteiger charge is -2.15. The van der Waals surface area contributed by atoms with E-state index in [0.29, 0.717) is 17.7 Å². The van der Waals surface area contributed by atoms with Crippen LogP contribution in [0.1, 0.15) is 24.0 Å². The van der Waals surface area contributed by atoms with Gasteiger partial charge in [-0.05, 0) is 47.3 Å². The van der Waals surface area contributed by atoms with Crippen molar-refractivity contribution in [2.45, 2.75) is 31.8 Å². The zero-order chi connectivity index (χ0) is 11.9. The van der Waals surface area contributed by atoms with E-state index in [1.54, 1.807) is 14.0 Å². The molecule has 0 aromatic heterocycles. The molecule has 1 aromatic carbocycles. The standard InChI is InChI=1S/C12H15BrO3/c1-7-10(14)8(6-12(15)3-4-12)5-9(13)11(7)16-2/h5,14-15H,3-4,6H2,1-2H3. The summed E-state index contributed by atoms with van der Waals surface area (Å²) in [5.41, 5.74) is 0.874. The van der Waals surface area contributed by atoms with Gasteiger partial charge in [-0.2, -0.15) is 0 Å². The van der Waals surface area contributed by atoms with Gasteiger partial charge in [0.15, 0.2) is 0 Å². The molecule has 88 valence electrons. The summed E-state index contributed by atoms with van der Waals surface area (Å²) in [6.45, 7) is 1.80. The molecular formula is C12H15BrO3. The van der Waals surface area contributed by atoms with Crippen molar-refractivity contribution in [3.05, 3.63) is 21.7 Å². The number of rotatable bonds is 3. The Labute approximate surface area is 103 Å². The number of halogens is 1. The molecule has 2 N–H and O–H groups in total. The van der Waals surface area contributed by atoms with Crippen LogP contribution in [0, 0.1) is 6.92 Å². The summed E-state index contributed by atoms with van der Waals surface area (Å²) in [4.78, 5) is 0. The maximum absolute atomic E-state index is 10.0. The predicted molar refractivity (Wildman–Crippen MR) is 65.0 cm³/mol. The van der Waals surface area contributed by atoms with Crippen LogP contribution in [-0.2, 0) is 6.42 Å². The molecule has 4 heteroatoms. The lowest BCUT2D eigenvalue weighted by Crippen LogP contribution is -2.11. The lowest BCUT2D eigenvalue weighted by atomic mass is 10.0. The number of hydrogen-bond donors (Lipinski definition) is 2. The van der Waals surface area contributed by atoms with Crippen molar-refractivity contribution in [3.8, 4) is 11.5 Å². The van der Waals surface area contributed by atoms with Crippen LogP contribution < -0.4 is 4.74 Å². The molecule has 0 unspecified atom stereocenters. The lowest BCUT2D eigenvalue weighted by molar-refractivity contribution is 0.150. The summed E-state index contributed by atoms with van der Waals surface area (Å²) in [5, 5.41) is 19.9. The number of phenolic OH excluding ortho intramolecular Hbond substituents is 1. The summed E-state index contributed by atoms with van der Waals surface area (Å²) >= 11 is 3.40. The minimum atomic E-state index is -0.599. The molecule has 0 saturated heterocycles. The molecule has 0 amide bonds. The van der Waals surface area contributed by atoms with E-state index in [0.717, 1.165) is 22.9 Å². The molecule has 1 aromatic rings. The first-order valence-electron chi connectivity index (χ1n) is 5.24. The third kappa shape index (κ3) is 2.04. The summed E-state index contributed by atoms with van der Waals surface area (Å²) in [7, 11) is 1.57. The molecule has 1 fully saturated rings. The van der Waals surface area contributed by atoms with E-state index in [1.807, 2.05) is 6.07 Å². The van der Waals surface area contributed by atoms with Gasteiger partial charge in [0.25, 0.3) is 0 Å². The van der Waals surface area contributed by atoms with Crippen LogP contribution in [0.25, 0.3) is 0 Å². The van der Waals surface area contributed by atoms with Crippen LogP contribution in [-0.4, -0.2) is 22.9 Å². The van der Waals surface area contributed by atoms with Crippen molar-refractivity contribution in [3.63, 3.8) is 0 Å². The van der Waals surface area contributed by atoms with E-state index in [9.17, 15) is 10.2 Å². The number of aliphatic hydroxyl groups is 1. The summed E-state index contributed by atoms with van der Waals surface area (Å²) in [6, 6.07) is 1.82. The van der Waals surface area contributed by atoms with Crippen LogP contribution in [0.4, 0.5) is 0 Å². The Kier molecular flexibility index (Phi) is 2.88. The number of aromatic hydroxyl groups is 1. The SMILES string of the molecule is COc1c(Br)cc(CC2(O)CC2)c(O)c1C. The second-order valence-electron chi connectivity index (χ2n) is 4.43. The van der Waals surface area contributed by atoms with Crippen LogP contribution in [0.5, 0.6) is 11.5 Å². The van der Waals surface area contributed by atoms with Crippen molar-refractivity contribution in [1.82, 2.24) is 0 Å². The number of ether oxygens (including phenoxy) is 1. The zero-order valence-corrected chi connectivity index (χ0v) is 11.0. The molecule has 1 aliphatic carbocycles. The van der Waals surface area contributed by atoms with E-state index in [1.165, 1.54) is 0 Å². The Morgan fingerprint density at radius 3 is 2.62 bits per heavy atom. The Morgan fingerprint density at radius 1 is 1.50 bits per heavy atom. The Hall–Kier alpha value is -0.740. The van der Waals surface area contributed by atoms with Gasteiger partial charge in [-0.3, -0.25) is 0 Å². The largest absolute Gasteiger partial charge is 0.507 e. The molecular weight excluding hydrogens is 272 g/mol. The first-order valence-corrected chi connectivity index (χ1v) is 6.03. The van der Waals surface area contributed by atoms with E-state index in [-0.39, 0.29) is 5.75 Å². The molecule has 1 aliphatic rings. The Balaban J connectivity index is 2.39.